The van der Waals surface area contributed by atoms with Gasteiger partial charge in [-0.05, 0) is 49.3 Å². The Kier molecular flexibility index (Phi) is 5.42. The molecule has 0 spiro atoms. The minimum absolute atomic E-state index is 0. The van der Waals surface area contributed by atoms with E-state index in [0.29, 0.717) is 29.6 Å². The van der Waals surface area contributed by atoms with Gasteiger partial charge in [0.2, 0.25) is 5.91 Å². The van der Waals surface area contributed by atoms with Crippen LogP contribution in [0.2, 0.25) is 0 Å². The zero-order valence-corrected chi connectivity index (χ0v) is 13.5. The lowest BCUT2D eigenvalue weighted by atomic mass is 9.98. The third kappa shape index (κ3) is 3.59. The van der Waals surface area contributed by atoms with E-state index in [1.807, 2.05) is 0 Å². The van der Waals surface area contributed by atoms with Crippen LogP contribution in [0.25, 0.3) is 0 Å². The highest BCUT2D eigenvalue weighted by atomic mass is 35.5. The second-order valence-electron chi connectivity index (χ2n) is 6.37. The van der Waals surface area contributed by atoms with Crippen molar-refractivity contribution in [3.63, 3.8) is 0 Å². The number of amides is 1. The van der Waals surface area contributed by atoms with Gasteiger partial charge in [-0.2, -0.15) is 0 Å². The fraction of sp³-hybridized carbons (Fsp3) is 0.562. The number of rotatable bonds is 3. The summed E-state index contributed by atoms with van der Waals surface area (Å²) in [5.74, 6) is 0.792. The molecule has 3 unspecified atom stereocenters. The lowest BCUT2D eigenvalue weighted by Crippen LogP contribution is -2.34. The van der Waals surface area contributed by atoms with Crippen molar-refractivity contribution in [2.45, 2.75) is 25.8 Å². The van der Waals surface area contributed by atoms with Crippen LogP contribution < -0.4 is 11.1 Å². The second-order valence-corrected chi connectivity index (χ2v) is 6.37. The number of nitrogens with two attached hydrogens (primary N) is 1. The molecule has 0 bridgehead atoms. The average molecular weight is 328 g/mol. The number of nitrogens with one attached hydrogen (secondary N) is 1. The first-order valence-corrected chi connectivity index (χ1v) is 7.57. The van der Waals surface area contributed by atoms with E-state index in [-0.39, 0.29) is 30.2 Å². The lowest BCUT2D eigenvalue weighted by molar-refractivity contribution is -0.117. The molecule has 122 valence electrons. The molecule has 22 heavy (non-hydrogen) atoms. The van der Waals surface area contributed by atoms with Gasteiger partial charge in [0, 0.05) is 24.8 Å². The smallest absolute Gasteiger partial charge is 0.238 e. The van der Waals surface area contributed by atoms with Crippen LogP contribution in [0.1, 0.15) is 18.4 Å². The molecule has 1 amide bonds. The minimum atomic E-state index is -0.297. The maximum Gasteiger partial charge on any atom is 0.238 e. The molecule has 0 aromatic heterocycles. The van der Waals surface area contributed by atoms with Gasteiger partial charge in [0.15, 0.2) is 0 Å². The summed E-state index contributed by atoms with van der Waals surface area (Å²) in [6, 6.07) is 5.05. The van der Waals surface area contributed by atoms with Gasteiger partial charge in [0.1, 0.15) is 5.82 Å². The zero-order chi connectivity index (χ0) is 15.0. The van der Waals surface area contributed by atoms with Crippen molar-refractivity contribution in [3.05, 3.63) is 29.6 Å². The number of likely N-dealkylation sites (tertiary alicyclic amines) is 1. The predicted octanol–water partition coefficient (Wildman–Crippen LogP) is 2.16. The number of hydrogen-bond acceptors (Lipinski definition) is 3. The summed E-state index contributed by atoms with van der Waals surface area (Å²) in [6.45, 7) is 3.91. The molecule has 1 aromatic rings. The molecule has 3 N–H and O–H groups in total. The van der Waals surface area contributed by atoms with Crippen LogP contribution in [0.5, 0.6) is 0 Å². The van der Waals surface area contributed by atoms with Gasteiger partial charge >= 0.3 is 0 Å². The van der Waals surface area contributed by atoms with Gasteiger partial charge < -0.3 is 11.1 Å². The Labute approximate surface area is 136 Å². The third-order valence-corrected chi connectivity index (χ3v) is 4.81. The Hall–Kier alpha value is -1.17. The van der Waals surface area contributed by atoms with Crippen LogP contribution in [0.4, 0.5) is 10.1 Å². The van der Waals surface area contributed by atoms with E-state index in [4.69, 9.17) is 5.73 Å². The quantitative estimate of drug-likeness (QED) is 0.894. The van der Waals surface area contributed by atoms with Crippen molar-refractivity contribution < 1.29 is 9.18 Å². The van der Waals surface area contributed by atoms with Crippen molar-refractivity contribution in [1.82, 2.24) is 4.90 Å². The lowest BCUT2D eigenvalue weighted by Gasteiger charge is -2.18. The number of nitrogens with zero attached hydrogens (tertiary/aromatic N) is 1. The molecule has 1 saturated heterocycles. The summed E-state index contributed by atoms with van der Waals surface area (Å²) >= 11 is 0. The molecule has 0 radical (unpaired) electrons. The van der Waals surface area contributed by atoms with Crippen LogP contribution in [0.15, 0.2) is 18.2 Å². The average Bonchev–Trinajstić information content (AvgIpc) is 2.96. The maximum absolute atomic E-state index is 13.5. The molecule has 1 aliphatic carbocycles. The number of aryl methyl sites for hydroxylation is 1. The molecule has 6 heteroatoms. The summed E-state index contributed by atoms with van der Waals surface area (Å²) in [4.78, 5) is 14.2. The Morgan fingerprint density at radius 3 is 2.86 bits per heavy atom. The first kappa shape index (κ1) is 17.2. The number of halogens is 2. The van der Waals surface area contributed by atoms with E-state index < -0.39 is 0 Å². The zero-order valence-electron chi connectivity index (χ0n) is 12.7. The van der Waals surface area contributed by atoms with Crippen molar-refractivity contribution in [2.75, 3.05) is 25.0 Å². The molecule has 1 aliphatic heterocycles. The molecule has 3 rings (SSSR count). The van der Waals surface area contributed by atoms with E-state index in [0.717, 1.165) is 19.5 Å². The number of anilines is 1. The molecule has 4 nitrogen and oxygen atoms in total. The monoisotopic (exact) mass is 327 g/mol. The number of carbonyl (C=O) groups excluding carboxylic acids is 1. The van der Waals surface area contributed by atoms with Crippen LogP contribution in [0.3, 0.4) is 0 Å². The molecular weight excluding hydrogens is 305 g/mol. The molecule has 1 saturated carbocycles. The first-order chi connectivity index (χ1) is 10.0. The van der Waals surface area contributed by atoms with Gasteiger partial charge in [-0.3, -0.25) is 9.69 Å². The molecule has 2 fully saturated rings. The fourth-order valence-electron chi connectivity index (χ4n) is 3.60. The SMILES string of the molecule is Cc1ccc(NC(=O)CN2CC3CCC(N)C3C2)cc1F.Cl. The summed E-state index contributed by atoms with van der Waals surface area (Å²) in [6.07, 6.45) is 2.28. The number of carbonyl (C=O) groups is 1. The van der Waals surface area contributed by atoms with Crippen LogP contribution in [0, 0.1) is 24.6 Å². The van der Waals surface area contributed by atoms with Crippen LogP contribution in [-0.4, -0.2) is 36.5 Å². The summed E-state index contributed by atoms with van der Waals surface area (Å²) in [5, 5.41) is 2.76. The highest BCUT2D eigenvalue weighted by Gasteiger charge is 2.41. The van der Waals surface area contributed by atoms with Gasteiger partial charge in [0.25, 0.3) is 0 Å². The normalized spacial score (nSPS) is 27.3. The van der Waals surface area contributed by atoms with E-state index >= 15 is 0 Å². The Bertz CT molecular complexity index is 554. The molecule has 2 aliphatic rings. The summed E-state index contributed by atoms with van der Waals surface area (Å²) < 4.78 is 13.5. The van der Waals surface area contributed by atoms with Crippen molar-refractivity contribution in [2.24, 2.45) is 17.6 Å². The summed E-state index contributed by atoms with van der Waals surface area (Å²) in [5.41, 5.74) is 7.19. The Morgan fingerprint density at radius 2 is 2.18 bits per heavy atom. The standard InChI is InChI=1S/C16H22FN3O.ClH/c1-10-2-4-12(6-14(10)17)19-16(21)9-20-7-11-3-5-15(18)13(11)8-20;/h2,4,6,11,13,15H,3,5,7-9,18H2,1H3,(H,19,21);1H. The maximum atomic E-state index is 13.5. The third-order valence-electron chi connectivity index (χ3n) is 4.81. The largest absolute Gasteiger partial charge is 0.327 e. The molecular formula is C16H23ClFN3O. The first-order valence-electron chi connectivity index (χ1n) is 7.57. The Balaban J connectivity index is 0.00000176. The van der Waals surface area contributed by atoms with Crippen LogP contribution in [-0.2, 0) is 4.79 Å². The van der Waals surface area contributed by atoms with E-state index in [2.05, 4.69) is 10.2 Å². The highest BCUT2D eigenvalue weighted by molar-refractivity contribution is 5.92. The van der Waals surface area contributed by atoms with Crippen LogP contribution >= 0.6 is 12.4 Å². The minimum Gasteiger partial charge on any atom is -0.327 e. The molecule has 1 heterocycles. The van der Waals surface area contributed by atoms with E-state index in [9.17, 15) is 9.18 Å². The van der Waals surface area contributed by atoms with Gasteiger partial charge in [-0.25, -0.2) is 4.39 Å². The number of fused-ring (bicyclic) bond motifs is 1. The topological polar surface area (TPSA) is 58.4 Å². The van der Waals surface area contributed by atoms with Gasteiger partial charge in [-0.1, -0.05) is 6.07 Å². The van der Waals surface area contributed by atoms with E-state index in [1.165, 1.54) is 12.5 Å². The molecule has 3 atom stereocenters. The number of hydrogen-bond donors (Lipinski definition) is 2. The van der Waals surface area contributed by atoms with Crippen molar-refractivity contribution in [1.29, 1.82) is 0 Å². The van der Waals surface area contributed by atoms with Gasteiger partial charge in [-0.15, -0.1) is 12.4 Å². The number of benzene rings is 1. The highest BCUT2D eigenvalue weighted by Crippen LogP contribution is 2.36. The van der Waals surface area contributed by atoms with Crippen molar-refractivity contribution >= 4 is 24.0 Å². The summed E-state index contributed by atoms with van der Waals surface area (Å²) in [7, 11) is 0. The fourth-order valence-corrected chi connectivity index (χ4v) is 3.60. The Morgan fingerprint density at radius 1 is 1.41 bits per heavy atom. The molecule has 1 aromatic carbocycles. The van der Waals surface area contributed by atoms with Crippen molar-refractivity contribution in [3.8, 4) is 0 Å². The van der Waals surface area contributed by atoms with E-state index in [1.54, 1.807) is 19.1 Å². The predicted molar refractivity (Wildman–Crippen MR) is 87.6 cm³/mol. The second kappa shape index (κ2) is 6.94. The van der Waals surface area contributed by atoms with Gasteiger partial charge in [0.05, 0.1) is 6.54 Å².